The lowest BCUT2D eigenvalue weighted by Crippen LogP contribution is -2.74. The fourth-order valence-corrected chi connectivity index (χ4v) is 22.7. The van der Waals surface area contributed by atoms with Gasteiger partial charge in [-0.3, -0.25) is 0 Å². The Kier molecular flexibility index (Phi) is 11.5. The van der Waals surface area contributed by atoms with Crippen molar-refractivity contribution in [1.29, 1.82) is 0 Å². The van der Waals surface area contributed by atoms with Gasteiger partial charge >= 0.3 is 0 Å². The minimum Gasteiger partial charge on any atom is -0.310 e. The fraction of sp³-hybridized carbons (Fsp3) is 0.132. The number of alkyl halides is 1. The van der Waals surface area contributed by atoms with Crippen molar-refractivity contribution >= 4 is 112 Å². The predicted octanol–water partition coefficient (Wildman–Crippen LogP) is 17.3. The van der Waals surface area contributed by atoms with E-state index in [4.69, 9.17) is 0 Å². The lowest BCUT2D eigenvalue weighted by atomic mass is 9.51. The van der Waals surface area contributed by atoms with Crippen molar-refractivity contribution < 1.29 is 0 Å². The second-order valence-electron chi connectivity index (χ2n) is 23.4. The van der Waals surface area contributed by atoms with E-state index in [-0.39, 0.29) is 5.41 Å². The van der Waals surface area contributed by atoms with E-state index in [9.17, 15) is 0 Å². The number of hydrogen-bond donors (Lipinski definition) is 0. The molecule has 2 bridgehead atoms. The van der Waals surface area contributed by atoms with Gasteiger partial charge in [0.05, 0.1) is 39.1 Å². The van der Waals surface area contributed by atoms with Crippen LogP contribution in [-0.4, -0.2) is 21.1 Å². The first-order chi connectivity index (χ1) is 40.0. The highest BCUT2D eigenvalue weighted by atomic mass is 127. The molecule has 2 aliphatic carbocycles. The smallest absolute Gasteiger partial charge is 0.179 e. The average molecular weight is 1170 g/mol. The lowest BCUT2D eigenvalue weighted by Gasteiger charge is -2.58. The zero-order chi connectivity index (χ0) is 53.8. The van der Waals surface area contributed by atoms with Crippen LogP contribution in [0.1, 0.15) is 43.7 Å². The molecular weight excluding hydrogens is 1110 g/mol. The van der Waals surface area contributed by atoms with Crippen molar-refractivity contribution in [3.63, 3.8) is 0 Å². The molecule has 3 nitrogen and oxygen atoms in total. The molecule has 13 aromatic rings. The summed E-state index contributed by atoms with van der Waals surface area (Å²) in [5.74, 6) is 2.11. The maximum atomic E-state index is 2.89. The highest BCUT2D eigenvalue weighted by molar-refractivity contribution is 14.1. The molecule has 11 aromatic carbocycles. The highest BCUT2D eigenvalue weighted by Gasteiger charge is 2.57. The molecular formula is C76H60IN3Si. The van der Waals surface area contributed by atoms with Gasteiger partial charge in [-0.2, -0.15) is 0 Å². The largest absolute Gasteiger partial charge is 0.310 e. The third-order valence-corrected chi connectivity index (χ3v) is 25.4. The van der Waals surface area contributed by atoms with Gasteiger partial charge in [0.15, 0.2) is 8.07 Å². The molecule has 0 amide bonds. The van der Waals surface area contributed by atoms with Gasteiger partial charge in [-0.15, -0.1) is 0 Å². The molecule has 0 saturated heterocycles. The van der Waals surface area contributed by atoms with Gasteiger partial charge in [-0.1, -0.05) is 236 Å². The number of fused-ring (bicyclic) bond motifs is 13. The Balaban J connectivity index is 0.974. The zero-order valence-electron chi connectivity index (χ0n) is 45.3. The van der Waals surface area contributed by atoms with Crippen LogP contribution >= 0.6 is 22.6 Å². The number of anilines is 3. The van der Waals surface area contributed by atoms with Gasteiger partial charge in [0.2, 0.25) is 0 Å². The van der Waals surface area contributed by atoms with E-state index < -0.39 is 8.07 Å². The molecule has 2 fully saturated rings. The van der Waals surface area contributed by atoms with Gasteiger partial charge in [0, 0.05) is 47.8 Å². The summed E-state index contributed by atoms with van der Waals surface area (Å²) < 4.78 is 5.55. The molecule has 4 atom stereocenters. The number of nitrogens with zero attached hydrogens (tertiary/aromatic N) is 3. The number of benzene rings is 11. The molecule has 2 saturated carbocycles. The van der Waals surface area contributed by atoms with Gasteiger partial charge < -0.3 is 14.0 Å². The van der Waals surface area contributed by atoms with Crippen LogP contribution in [-0.2, 0) is 5.41 Å². The molecule has 5 heteroatoms. The summed E-state index contributed by atoms with van der Waals surface area (Å²) in [6.45, 7) is 2.51. The molecule has 390 valence electrons. The molecule has 2 unspecified atom stereocenters. The third-order valence-electron chi connectivity index (χ3n) is 19.1. The van der Waals surface area contributed by atoms with Crippen molar-refractivity contribution in [2.45, 2.75) is 41.9 Å². The summed E-state index contributed by atoms with van der Waals surface area (Å²) >= 11 is 2.89. The minimum absolute atomic E-state index is 0.0761. The molecule has 81 heavy (non-hydrogen) atoms. The zero-order valence-corrected chi connectivity index (χ0v) is 48.5. The van der Waals surface area contributed by atoms with Crippen molar-refractivity contribution in [1.82, 2.24) is 9.13 Å². The summed E-state index contributed by atoms with van der Waals surface area (Å²) in [6, 6.07) is 104. The molecule has 1 spiro atoms. The average Bonchev–Trinajstić information content (AvgIpc) is 3.11. The Morgan fingerprint density at radius 3 is 1.49 bits per heavy atom. The van der Waals surface area contributed by atoms with E-state index in [1.807, 2.05) is 0 Å². The summed E-state index contributed by atoms with van der Waals surface area (Å²) in [6.07, 6.45) is 5.20. The Morgan fingerprint density at radius 1 is 0.383 bits per heavy atom. The van der Waals surface area contributed by atoms with Crippen LogP contribution in [0.3, 0.4) is 0 Å². The first-order valence-electron chi connectivity index (χ1n) is 29.1. The predicted molar refractivity (Wildman–Crippen MR) is 352 cm³/mol. The molecule has 2 aromatic heterocycles. The Labute approximate surface area is 488 Å². The van der Waals surface area contributed by atoms with Crippen molar-refractivity contribution in [3.8, 4) is 22.5 Å². The molecule has 0 radical (unpaired) electrons. The van der Waals surface area contributed by atoms with E-state index in [1.165, 1.54) is 118 Å². The number of aromatic nitrogens is 2. The first kappa shape index (κ1) is 48.7. The van der Waals surface area contributed by atoms with E-state index in [2.05, 4.69) is 317 Å². The van der Waals surface area contributed by atoms with Crippen molar-refractivity contribution in [2.75, 3.05) is 4.90 Å². The summed E-state index contributed by atoms with van der Waals surface area (Å²) in [7, 11) is -2.91. The minimum atomic E-state index is -2.91. The normalized spacial score (nSPS) is 18.4. The summed E-state index contributed by atoms with van der Waals surface area (Å²) in [5.41, 5.74) is 16.1. The van der Waals surface area contributed by atoms with Crippen molar-refractivity contribution in [3.05, 3.63) is 284 Å². The second-order valence-corrected chi connectivity index (χ2v) is 28.7. The molecule has 0 N–H and O–H groups in total. The van der Waals surface area contributed by atoms with Gasteiger partial charge in [-0.05, 0) is 148 Å². The summed E-state index contributed by atoms with van der Waals surface area (Å²) in [5, 5.41) is 10.4. The Hall–Kier alpha value is -8.23. The van der Waals surface area contributed by atoms with Gasteiger partial charge in [-0.25, -0.2) is 0 Å². The quantitative estimate of drug-likeness (QED) is 0.0640. The van der Waals surface area contributed by atoms with E-state index in [1.54, 1.807) is 0 Å². The van der Waals surface area contributed by atoms with Gasteiger partial charge in [0.25, 0.3) is 0 Å². The van der Waals surface area contributed by atoms with Gasteiger partial charge in [0.1, 0.15) is 0 Å². The maximum Gasteiger partial charge on any atom is 0.179 e. The van der Waals surface area contributed by atoms with Crippen LogP contribution in [0.4, 0.5) is 17.1 Å². The number of para-hydroxylation sites is 5. The standard InChI is InChI=1S/C76H60IN3Si/c1-51-44-52-46-54(45-51)76(75(77)47-52)66-33-14-19-38-72(66)79(73-39-20-15-34-67(73)76)56-40-43-71(65(49-56)53-22-21-23-55(48-53)78-68-35-16-11-30-61(68)62-31-12-17-36-69(62)78)80-70-37-18-13-32-63(70)64-42-41-60(50-74(64)80)81(57-24-5-2-6-25-57,58-26-7-3-8-27-58)59-28-9-4-10-29-59/h2-43,48-52,54,75H,44-47H2,1H3/t51?,52-,54?,75-/m1/s1. The van der Waals surface area contributed by atoms with E-state index >= 15 is 0 Å². The molecule has 1 aliphatic heterocycles. The number of hydrogen-bond acceptors (Lipinski definition) is 1. The second kappa shape index (κ2) is 19.2. The van der Waals surface area contributed by atoms with Crippen LogP contribution in [0, 0.1) is 17.8 Å². The number of rotatable bonds is 8. The lowest BCUT2D eigenvalue weighted by molar-refractivity contribution is 0.0930. The van der Waals surface area contributed by atoms with Crippen LogP contribution in [0.15, 0.2) is 273 Å². The topological polar surface area (TPSA) is 13.1 Å². The maximum absolute atomic E-state index is 2.91. The SMILES string of the molecule is CC1CC2C[C@@H](C1)C[C@@H](I)C21c2ccccc2N(c2ccc(-n3c4ccccc4c4ccc([Si](c5ccccc5)(c5ccccc5)c5ccccc5)cc43)c(-c3cccc(-n4c5ccccc5c5ccccc54)c3)c2)c2ccccc21. The third kappa shape index (κ3) is 7.30. The Morgan fingerprint density at radius 2 is 0.901 bits per heavy atom. The Bertz CT molecular complexity index is 4360. The number of halogens is 1. The first-order valence-corrected chi connectivity index (χ1v) is 32.3. The molecule has 16 rings (SSSR count). The van der Waals surface area contributed by atoms with Crippen LogP contribution in [0.25, 0.3) is 66.1 Å². The van der Waals surface area contributed by atoms with E-state index in [0.29, 0.717) is 9.84 Å². The monoisotopic (exact) mass is 1170 g/mol. The van der Waals surface area contributed by atoms with Crippen molar-refractivity contribution in [2.24, 2.45) is 17.8 Å². The highest BCUT2D eigenvalue weighted by Crippen LogP contribution is 2.65. The van der Waals surface area contributed by atoms with Crippen LogP contribution in [0.5, 0.6) is 0 Å². The van der Waals surface area contributed by atoms with Crippen LogP contribution in [0.2, 0.25) is 0 Å². The summed E-state index contributed by atoms with van der Waals surface area (Å²) in [4.78, 5) is 2.62. The molecule has 3 aliphatic rings. The van der Waals surface area contributed by atoms with Crippen LogP contribution < -0.4 is 25.6 Å². The van der Waals surface area contributed by atoms with E-state index in [0.717, 1.165) is 34.5 Å². The fourth-order valence-electron chi connectivity index (χ4n) is 16.0. The molecule has 3 heterocycles.